The Hall–Kier alpha value is -1.79. The first-order valence-electron chi connectivity index (χ1n) is 6.52. The number of carbonyl (C=O) groups excluding carboxylic acids is 2. The zero-order valence-electron chi connectivity index (χ0n) is 11.4. The normalized spacial score (nSPS) is 15.5. The maximum Gasteiger partial charge on any atom is 0.329 e. The van der Waals surface area contributed by atoms with E-state index in [0.29, 0.717) is 25.9 Å². The number of nitrogens with one attached hydrogen (secondary N) is 2. The molecule has 1 aliphatic rings. The molecule has 0 bridgehead atoms. The number of carboxylic acid groups (broad SMARTS) is 1. The van der Waals surface area contributed by atoms with E-state index in [-0.39, 0.29) is 18.9 Å². The number of carboxylic acids is 1. The summed E-state index contributed by atoms with van der Waals surface area (Å²) in [5.74, 6) is -1.04. The number of rotatable bonds is 7. The zero-order chi connectivity index (χ0) is 14.5. The van der Waals surface area contributed by atoms with Gasteiger partial charge in [-0.1, -0.05) is 0 Å². The molecule has 7 heteroatoms. The Morgan fingerprint density at radius 3 is 2.21 bits per heavy atom. The van der Waals surface area contributed by atoms with Gasteiger partial charge in [-0.15, -0.1) is 0 Å². The number of hydrogen-bond donors (Lipinski definition) is 3. The maximum atomic E-state index is 11.7. The average molecular weight is 271 g/mol. The van der Waals surface area contributed by atoms with Gasteiger partial charge in [-0.25, -0.2) is 9.59 Å². The smallest absolute Gasteiger partial charge is 0.329 e. The van der Waals surface area contributed by atoms with Crippen LogP contribution >= 0.6 is 0 Å². The first kappa shape index (κ1) is 15.3. The van der Waals surface area contributed by atoms with Crippen molar-refractivity contribution in [3.63, 3.8) is 0 Å². The molecular formula is C12H21N3O4. The fourth-order valence-electron chi connectivity index (χ4n) is 1.80. The molecule has 7 nitrogen and oxygen atoms in total. The molecule has 0 saturated heterocycles. The van der Waals surface area contributed by atoms with Gasteiger partial charge in [0.15, 0.2) is 0 Å². The molecule has 3 amide bonds. The minimum absolute atomic E-state index is 0.0235. The number of carbonyl (C=O) groups is 3. The lowest BCUT2D eigenvalue weighted by Crippen LogP contribution is -2.48. The molecule has 0 unspecified atom stereocenters. The van der Waals surface area contributed by atoms with E-state index in [2.05, 4.69) is 10.6 Å². The quantitative estimate of drug-likeness (QED) is 0.614. The number of aliphatic carboxylic acids is 1. The number of nitrogens with zero attached hydrogens (tertiary/aromatic N) is 1. The largest absolute Gasteiger partial charge is 0.480 e. The monoisotopic (exact) mass is 271 g/mol. The highest BCUT2D eigenvalue weighted by molar-refractivity contribution is 5.89. The maximum absolute atomic E-state index is 11.7. The van der Waals surface area contributed by atoms with Crippen LogP contribution in [0.25, 0.3) is 0 Å². The van der Waals surface area contributed by atoms with Gasteiger partial charge in [0, 0.05) is 26.1 Å². The van der Waals surface area contributed by atoms with Crippen molar-refractivity contribution in [2.24, 2.45) is 0 Å². The first-order chi connectivity index (χ1) is 8.95. The van der Waals surface area contributed by atoms with Crippen molar-refractivity contribution in [3.05, 3.63) is 0 Å². The summed E-state index contributed by atoms with van der Waals surface area (Å²) in [6.07, 6.45) is 1.12. The van der Waals surface area contributed by atoms with Crippen LogP contribution in [0.5, 0.6) is 0 Å². The number of hydrogen-bond acceptors (Lipinski definition) is 3. The van der Waals surface area contributed by atoms with E-state index < -0.39 is 17.5 Å². The van der Waals surface area contributed by atoms with Gasteiger partial charge in [0.05, 0.1) is 0 Å². The highest BCUT2D eigenvalue weighted by atomic mass is 16.4. The fraction of sp³-hybridized carbons (Fsp3) is 0.750. The van der Waals surface area contributed by atoms with Crippen molar-refractivity contribution in [1.82, 2.24) is 15.5 Å². The minimum Gasteiger partial charge on any atom is -0.480 e. The van der Waals surface area contributed by atoms with E-state index >= 15 is 0 Å². The summed E-state index contributed by atoms with van der Waals surface area (Å²) in [6.45, 7) is 5.28. The average Bonchev–Trinajstić information content (AvgIpc) is 3.11. The third kappa shape index (κ3) is 4.11. The zero-order valence-corrected chi connectivity index (χ0v) is 11.4. The van der Waals surface area contributed by atoms with Gasteiger partial charge < -0.3 is 20.6 Å². The molecule has 0 spiro atoms. The summed E-state index contributed by atoms with van der Waals surface area (Å²) in [6, 6.07) is -0.535. The van der Waals surface area contributed by atoms with Gasteiger partial charge in [0.25, 0.3) is 0 Å². The van der Waals surface area contributed by atoms with Gasteiger partial charge in [-0.3, -0.25) is 4.79 Å². The molecule has 0 aromatic carbocycles. The lowest BCUT2D eigenvalue weighted by Gasteiger charge is -2.19. The van der Waals surface area contributed by atoms with Crippen LogP contribution in [-0.4, -0.2) is 53.1 Å². The second-order valence-corrected chi connectivity index (χ2v) is 4.58. The molecule has 1 rings (SSSR count). The Morgan fingerprint density at radius 2 is 1.79 bits per heavy atom. The minimum atomic E-state index is -1.09. The summed E-state index contributed by atoms with van der Waals surface area (Å²) in [5.41, 5.74) is -1.09. The van der Waals surface area contributed by atoms with Crippen molar-refractivity contribution in [2.75, 3.05) is 19.6 Å². The lowest BCUT2D eigenvalue weighted by atomic mass is 10.3. The van der Waals surface area contributed by atoms with E-state index in [1.54, 1.807) is 4.90 Å². The van der Waals surface area contributed by atoms with Crippen molar-refractivity contribution in [3.8, 4) is 0 Å². The SMILES string of the molecule is CCN(CC)C(=O)CCNC(=O)NC1(C(=O)O)CC1. The van der Waals surface area contributed by atoms with Crippen LogP contribution in [0, 0.1) is 0 Å². The van der Waals surface area contributed by atoms with Crippen LogP contribution in [0.3, 0.4) is 0 Å². The summed E-state index contributed by atoms with van der Waals surface area (Å²) in [4.78, 5) is 35.7. The number of urea groups is 1. The highest BCUT2D eigenvalue weighted by Gasteiger charge is 2.51. The van der Waals surface area contributed by atoms with Crippen LogP contribution in [0.15, 0.2) is 0 Å². The molecular weight excluding hydrogens is 250 g/mol. The van der Waals surface area contributed by atoms with Gasteiger partial charge in [0.1, 0.15) is 5.54 Å². The lowest BCUT2D eigenvalue weighted by molar-refractivity contribution is -0.140. The van der Waals surface area contributed by atoms with Gasteiger partial charge in [-0.05, 0) is 26.7 Å². The molecule has 0 radical (unpaired) electrons. The molecule has 19 heavy (non-hydrogen) atoms. The fourth-order valence-corrected chi connectivity index (χ4v) is 1.80. The van der Waals surface area contributed by atoms with E-state index in [0.717, 1.165) is 0 Å². The van der Waals surface area contributed by atoms with Crippen molar-refractivity contribution in [2.45, 2.75) is 38.6 Å². The van der Waals surface area contributed by atoms with Crippen LogP contribution in [0.2, 0.25) is 0 Å². The Kier molecular flexibility index (Phi) is 5.14. The predicted octanol–water partition coefficient (Wildman–Crippen LogP) is 0.161. The summed E-state index contributed by atoms with van der Waals surface area (Å²) < 4.78 is 0. The van der Waals surface area contributed by atoms with Crippen LogP contribution < -0.4 is 10.6 Å². The molecule has 108 valence electrons. The highest BCUT2D eigenvalue weighted by Crippen LogP contribution is 2.35. The van der Waals surface area contributed by atoms with Gasteiger partial charge >= 0.3 is 12.0 Å². The summed E-state index contributed by atoms with van der Waals surface area (Å²) >= 11 is 0. The molecule has 0 heterocycles. The topological polar surface area (TPSA) is 98.7 Å². The first-order valence-corrected chi connectivity index (χ1v) is 6.52. The Balaban J connectivity index is 2.24. The third-order valence-corrected chi connectivity index (χ3v) is 3.25. The van der Waals surface area contributed by atoms with Gasteiger partial charge in [-0.2, -0.15) is 0 Å². The van der Waals surface area contributed by atoms with Crippen molar-refractivity contribution >= 4 is 17.9 Å². The molecule has 0 aliphatic heterocycles. The Morgan fingerprint density at radius 1 is 1.21 bits per heavy atom. The van der Waals surface area contributed by atoms with Crippen LogP contribution in [0.4, 0.5) is 4.79 Å². The molecule has 1 saturated carbocycles. The second kappa shape index (κ2) is 6.40. The predicted molar refractivity (Wildman–Crippen MR) is 68.7 cm³/mol. The van der Waals surface area contributed by atoms with Crippen molar-refractivity contribution < 1.29 is 19.5 Å². The van der Waals surface area contributed by atoms with Crippen LogP contribution in [-0.2, 0) is 9.59 Å². The molecule has 1 aliphatic carbocycles. The van der Waals surface area contributed by atoms with E-state index in [1.165, 1.54) is 0 Å². The van der Waals surface area contributed by atoms with Gasteiger partial charge in [0.2, 0.25) is 5.91 Å². The van der Waals surface area contributed by atoms with E-state index in [1.807, 2.05) is 13.8 Å². The molecule has 0 aromatic rings. The standard InChI is InChI=1S/C12H21N3O4/c1-3-15(4-2)9(16)5-8-13-11(19)14-12(6-7-12)10(17)18/h3-8H2,1-2H3,(H,17,18)(H2,13,14,19). The number of amides is 3. The van der Waals surface area contributed by atoms with Crippen molar-refractivity contribution in [1.29, 1.82) is 0 Å². The summed E-state index contributed by atoms with van der Waals surface area (Å²) in [7, 11) is 0. The third-order valence-electron chi connectivity index (χ3n) is 3.25. The Bertz CT molecular complexity index is 362. The second-order valence-electron chi connectivity index (χ2n) is 4.58. The molecule has 0 aromatic heterocycles. The van der Waals surface area contributed by atoms with Crippen LogP contribution in [0.1, 0.15) is 33.1 Å². The molecule has 3 N–H and O–H groups in total. The molecule has 1 fully saturated rings. The Labute approximate surface area is 112 Å². The molecule has 0 atom stereocenters. The van der Waals surface area contributed by atoms with E-state index in [9.17, 15) is 14.4 Å². The summed E-state index contributed by atoms with van der Waals surface area (Å²) in [5, 5.41) is 13.8. The van der Waals surface area contributed by atoms with E-state index in [4.69, 9.17) is 5.11 Å².